The molecule has 0 aromatic carbocycles. The summed E-state index contributed by atoms with van der Waals surface area (Å²) < 4.78 is 0. The zero-order valence-corrected chi connectivity index (χ0v) is 13.2. The van der Waals surface area contributed by atoms with E-state index in [-0.39, 0.29) is 6.61 Å². The predicted octanol–water partition coefficient (Wildman–Crippen LogP) is 1.49. The third-order valence-electron chi connectivity index (χ3n) is 4.11. The van der Waals surface area contributed by atoms with Crippen LogP contribution < -0.4 is 15.5 Å². The van der Waals surface area contributed by atoms with Gasteiger partial charge in [-0.05, 0) is 30.5 Å². The maximum absolute atomic E-state index is 9.20. The molecule has 2 aromatic heterocycles. The van der Waals surface area contributed by atoms with E-state index in [9.17, 15) is 5.11 Å². The van der Waals surface area contributed by atoms with Gasteiger partial charge in [-0.2, -0.15) is 0 Å². The summed E-state index contributed by atoms with van der Waals surface area (Å²) in [5, 5.41) is 15.6. The van der Waals surface area contributed by atoms with Crippen molar-refractivity contribution in [3.05, 3.63) is 36.3 Å². The molecule has 23 heavy (non-hydrogen) atoms. The molecular weight excluding hydrogens is 292 g/mol. The average molecular weight is 314 g/mol. The number of rotatable bonds is 6. The van der Waals surface area contributed by atoms with E-state index in [0.717, 1.165) is 48.9 Å². The number of anilines is 3. The summed E-state index contributed by atoms with van der Waals surface area (Å²) in [6.45, 7) is 1.82. The molecule has 2 aromatic rings. The highest BCUT2D eigenvalue weighted by molar-refractivity contribution is 5.50. The van der Waals surface area contributed by atoms with Crippen LogP contribution in [0.2, 0.25) is 0 Å². The second-order valence-corrected chi connectivity index (χ2v) is 5.59. The van der Waals surface area contributed by atoms with Crippen LogP contribution in [0.3, 0.4) is 0 Å². The van der Waals surface area contributed by atoms with Crippen molar-refractivity contribution in [2.24, 2.45) is 0 Å². The third kappa shape index (κ3) is 3.68. The van der Waals surface area contributed by atoms with Gasteiger partial charge in [0, 0.05) is 38.4 Å². The molecule has 1 unspecified atom stereocenters. The standard InChI is InChI=1S/C16H22N6O/c1-17-14-8-16(21-11-20-14)22-6-2-3-13(22)9-19-15-7-12(10-23)4-5-18-15/h4-5,7-8,11,13,23H,2-3,6,9-10H2,1H3,(H,18,19)(H,17,20,21). The summed E-state index contributed by atoms with van der Waals surface area (Å²) in [7, 11) is 1.86. The van der Waals surface area contributed by atoms with Gasteiger partial charge in [0.25, 0.3) is 0 Å². The normalized spacial score (nSPS) is 17.3. The number of hydrogen-bond acceptors (Lipinski definition) is 7. The molecule has 0 bridgehead atoms. The van der Waals surface area contributed by atoms with Crippen molar-refractivity contribution in [1.29, 1.82) is 0 Å². The Morgan fingerprint density at radius 1 is 1.26 bits per heavy atom. The lowest BCUT2D eigenvalue weighted by atomic mass is 10.2. The minimum Gasteiger partial charge on any atom is -0.392 e. The second kappa shape index (κ2) is 7.23. The molecule has 1 saturated heterocycles. The second-order valence-electron chi connectivity index (χ2n) is 5.59. The average Bonchev–Trinajstić information content (AvgIpc) is 3.09. The number of aliphatic hydroxyl groups excluding tert-OH is 1. The quantitative estimate of drug-likeness (QED) is 0.744. The fraction of sp³-hybridized carbons (Fsp3) is 0.438. The largest absolute Gasteiger partial charge is 0.392 e. The predicted molar refractivity (Wildman–Crippen MR) is 90.6 cm³/mol. The first kappa shape index (κ1) is 15.5. The van der Waals surface area contributed by atoms with Crippen LogP contribution in [0.4, 0.5) is 17.5 Å². The Morgan fingerprint density at radius 2 is 2.17 bits per heavy atom. The van der Waals surface area contributed by atoms with E-state index in [4.69, 9.17) is 0 Å². The molecular formula is C16H22N6O. The summed E-state index contributed by atoms with van der Waals surface area (Å²) in [6.07, 6.45) is 5.57. The Labute approximate surface area is 135 Å². The van der Waals surface area contributed by atoms with Gasteiger partial charge in [0.15, 0.2) is 0 Å². The molecule has 1 aliphatic heterocycles. The van der Waals surface area contributed by atoms with Crippen molar-refractivity contribution >= 4 is 17.5 Å². The number of pyridine rings is 1. The lowest BCUT2D eigenvalue weighted by Crippen LogP contribution is -2.35. The van der Waals surface area contributed by atoms with E-state index in [1.807, 2.05) is 25.2 Å². The lowest BCUT2D eigenvalue weighted by Gasteiger charge is -2.26. The maximum atomic E-state index is 9.20. The van der Waals surface area contributed by atoms with Crippen LogP contribution in [0.25, 0.3) is 0 Å². The van der Waals surface area contributed by atoms with Crippen LogP contribution in [-0.4, -0.2) is 46.2 Å². The molecule has 7 heteroatoms. The highest BCUT2D eigenvalue weighted by atomic mass is 16.3. The Kier molecular flexibility index (Phi) is 4.87. The van der Waals surface area contributed by atoms with Gasteiger partial charge >= 0.3 is 0 Å². The fourth-order valence-electron chi connectivity index (χ4n) is 2.88. The topological polar surface area (TPSA) is 86.2 Å². The molecule has 0 saturated carbocycles. The van der Waals surface area contributed by atoms with Gasteiger partial charge in [-0.1, -0.05) is 0 Å². The van der Waals surface area contributed by atoms with Crippen molar-refractivity contribution in [2.75, 3.05) is 35.7 Å². The number of hydrogen-bond donors (Lipinski definition) is 3. The number of aromatic nitrogens is 3. The van der Waals surface area contributed by atoms with Gasteiger partial charge in [0.05, 0.1) is 6.61 Å². The van der Waals surface area contributed by atoms with E-state index in [0.29, 0.717) is 6.04 Å². The highest BCUT2D eigenvalue weighted by Crippen LogP contribution is 2.25. The zero-order chi connectivity index (χ0) is 16.1. The summed E-state index contributed by atoms with van der Waals surface area (Å²) in [5.74, 6) is 2.57. The monoisotopic (exact) mass is 314 g/mol. The van der Waals surface area contributed by atoms with Crippen LogP contribution in [0.1, 0.15) is 18.4 Å². The van der Waals surface area contributed by atoms with Gasteiger partial charge in [-0.3, -0.25) is 0 Å². The molecule has 122 valence electrons. The van der Waals surface area contributed by atoms with Gasteiger partial charge in [-0.15, -0.1) is 0 Å². The summed E-state index contributed by atoms with van der Waals surface area (Å²) in [4.78, 5) is 15.2. The van der Waals surface area contributed by atoms with Crippen LogP contribution >= 0.6 is 0 Å². The van der Waals surface area contributed by atoms with E-state index in [1.165, 1.54) is 0 Å². The van der Waals surface area contributed by atoms with Crippen molar-refractivity contribution in [3.8, 4) is 0 Å². The first-order chi connectivity index (χ1) is 11.3. The Balaban J connectivity index is 1.66. The van der Waals surface area contributed by atoms with E-state index in [1.54, 1.807) is 12.5 Å². The van der Waals surface area contributed by atoms with Gasteiger partial charge in [0.2, 0.25) is 0 Å². The van der Waals surface area contributed by atoms with Gasteiger partial charge < -0.3 is 20.6 Å². The molecule has 0 radical (unpaired) electrons. The molecule has 0 aliphatic carbocycles. The lowest BCUT2D eigenvalue weighted by molar-refractivity contribution is 0.282. The molecule has 1 fully saturated rings. The molecule has 1 atom stereocenters. The SMILES string of the molecule is CNc1cc(N2CCCC2CNc2cc(CO)ccn2)ncn1. The summed E-state index contributed by atoms with van der Waals surface area (Å²) in [6, 6.07) is 6.04. The fourth-order valence-corrected chi connectivity index (χ4v) is 2.88. The number of nitrogens with zero attached hydrogens (tertiary/aromatic N) is 4. The van der Waals surface area contributed by atoms with Crippen molar-refractivity contribution < 1.29 is 5.11 Å². The minimum absolute atomic E-state index is 0.0283. The smallest absolute Gasteiger partial charge is 0.134 e. The van der Waals surface area contributed by atoms with E-state index >= 15 is 0 Å². The Bertz CT molecular complexity index is 650. The molecule has 3 rings (SSSR count). The van der Waals surface area contributed by atoms with E-state index in [2.05, 4.69) is 30.5 Å². The molecule has 0 amide bonds. The number of nitrogens with one attached hydrogen (secondary N) is 2. The highest BCUT2D eigenvalue weighted by Gasteiger charge is 2.25. The van der Waals surface area contributed by atoms with E-state index < -0.39 is 0 Å². The van der Waals surface area contributed by atoms with Crippen LogP contribution in [0.5, 0.6) is 0 Å². The van der Waals surface area contributed by atoms with Crippen LogP contribution in [0.15, 0.2) is 30.7 Å². The molecule has 1 aliphatic rings. The third-order valence-corrected chi connectivity index (χ3v) is 4.11. The first-order valence-corrected chi connectivity index (χ1v) is 7.86. The number of aliphatic hydroxyl groups is 1. The Morgan fingerprint density at radius 3 is 3.00 bits per heavy atom. The summed E-state index contributed by atoms with van der Waals surface area (Å²) >= 11 is 0. The maximum Gasteiger partial charge on any atom is 0.134 e. The van der Waals surface area contributed by atoms with Crippen molar-refractivity contribution in [3.63, 3.8) is 0 Å². The van der Waals surface area contributed by atoms with Crippen molar-refractivity contribution in [2.45, 2.75) is 25.5 Å². The van der Waals surface area contributed by atoms with Crippen molar-refractivity contribution in [1.82, 2.24) is 15.0 Å². The molecule has 3 N–H and O–H groups in total. The first-order valence-electron chi connectivity index (χ1n) is 7.86. The minimum atomic E-state index is 0.0283. The molecule has 3 heterocycles. The molecule has 7 nitrogen and oxygen atoms in total. The van der Waals surface area contributed by atoms with Crippen LogP contribution in [0, 0.1) is 0 Å². The zero-order valence-electron chi connectivity index (χ0n) is 13.2. The van der Waals surface area contributed by atoms with Gasteiger partial charge in [0.1, 0.15) is 23.8 Å². The molecule has 0 spiro atoms. The van der Waals surface area contributed by atoms with Crippen LogP contribution in [-0.2, 0) is 6.61 Å². The Hall–Kier alpha value is -2.41. The summed E-state index contributed by atoms with van der Waals surface area (Å²) in [5.41, 5.74) is 0.861. The van der Waals surface area contributed by atoms with Gasteiger partial charge in [-0.25, -0.2) is 15.0 Å².